The molecule has 0 saturated carbocycles. The molecule has 0 aliphatic carbocycles. The highest BCUT2D eigenvalue weighted by molar-refractivity contribution is 8.00. The van der Waals surface area contributed by atoms with E-state index < -0.39 is 9.84 Å². The van der Waals surface area contributed by atoms with Gasteiger partial charge in [-0.25, -0.2) is 8.42 Å². The van der Waals surface area contributed by atoms with E-state index in [-0.39, 0.29) is 15.2 Å². The summed E-state index contributed by atoms with van der Waals surface area (Å²) in [6.07, 6.45) is 0. The van der Waals surface area contributed by atoms with E-state index in [1.54, 1.807) is 24.3 Å². The summed E-state index contributed by atoms with van der Waals surface area (Å²) in [5, 5.41) is 2.20. The molecule has 148 valence electrons. The van der Waals surface area contributed by atoms with Gasteiger partial charge in [-0.05, 0) is 43.0 Å². The molecular formula is C22H19NO3S3. The SMILES string of the molecule is Cc1ccc(S(=O)(=O)c2nc(-c3cccs3)oc2S[C@@H](C)c2ccccc2)cc1. The Morgan fingerprint density at radius 3 is 2.38 bits per heavy atom. The Hall–Kier alpha value is -2.35. The van der Waals surface area contributed by atoms with Gasteiger partial charge in [0, 0.05) is 5.25 Å². The van der Waals surface area contributed by atoms with Gasteiger partial charge in [-0.3, -0.25) is 0 Å². The maximum Gasteiger partial charge on any atom is 0.238 e. The van der Waals surface area contributed by atoms with E-state index in [0.29, 0.717) is 11.0 Å². The standard InChI is InChI=1S/C22H19NO3S3/c1-15-10-12-18(13-11-15)29(24,25)21-22(26-20(23-21)19-9-6-14-27-19)28-16(2)17-7-4-3-5-8-17/h3-14,16H,1-2H3/t16-/m0/s1. The molecule has 0 saturated heterocycles. The molecule has 2 aromatic heterocycles. The number of hydrogen-bond donors (Lipinski definition) is 0. The predicted octanol–water partition coefficient (Wildman–Crippen LogP) is 6.40. The Morgan fingerprint density at radius 2 is 1.72 bits per heavy atom. The monoisotopic (exact) mass is 441 g/mol. The Kier molecular flexibility index (Phi) is 5.63. The number of hydrogen-bond acceptors (Lipinski definition) is 6. The van der Waals surface area contributed by atoms with Gasteiger partial charge < -0.3 is 4.42 Å². The number of sulfone groups is 1. The van der Waals surface area contributed by atoms with Crippen LogP contribution in [0.1, 0.15) is 23.3 Å². The van der Waals surface area contributed by atoms with Crippen LogP contribution < -0.4 is 0 Å². The number of aromatic nitrogens is 1. The van der Waals surface area contributed by atoms with Gasteiger partial charge in [-0.15, -0.1) is 11.3 Å². The molecule has 0 spiro atoms. The fraction of sp³-hybridized carbons (Fsp3) is 0.136. The topological polar surface area (TPSA) is 60.2 Å². The molecule has 4 aromatic rings. The third-order valence-electron chi connectivity index (χ3n) is 4.44. The molecule has 0 unspecified atom stereocenters. The zero-order chi connectivity index (χ0) is 20.4. The molecule has 0 N–H and O–H groups in total. The molecule has 0 amide bonds. The Morgan fingerprint density at radius 1 is 1.00 bits per heavy atom. The second-order valence-electron chi connectivity index (χ2n) is 6.58. The zero-order valence-electron chi connectivity index (χ0n) is 15.9. The lowest BCUT2D eigenvalue weighted by molar-refractivity contribution is 0.470. The first-order chi connectivity index (χ1) is 13.9. The van der Waals surface area contributed by atoms with Crippen molar-refractivity contribution in [3.05, 3.63) is 83.2 Å². The van der Waals surface area contributed by atoms with E-state index >= 15 is 0 Å². The van der Waals surface area contributed by atoms with Gasteiger partial charge in [0.15, 0.2) is 0 Å². The molecule has 0 radical (unpaired) electrons. The molecular weight excluding hydrogens is 422 g/mol. The molecule has 0 bridgehead atoms. The van der Waals surface area contributed by atoms with Crippen LogP contribution >= 0.6 is 23.1 Å². The number of nitrogens with zero attached hydrogens (tertiary/aromatic N) is 1. The highest BCUT2D eigenvalue weighted by Crippen LogP contribution is 2.42. The molecule has 2 aromatic carbocycles. The average molecular weight is 442 g/mol. The van der Waals surface area contributed by atoms with Gasteiger partial charge in [0.05, 0.1) is 9.77 Å². The molecule has 7 heteroatoms. The van der Waals surface area contributed by atoms with E-state index in [4.69, 9.17) is 4.42 Å². The summed E-state index contributed by atoms with van der Waals surface area (Å²) in [6, 6.07) is 20.5. The first kappa shape index (κ1) is 19.9. The van der Waals surface area contributed by atoms with Crippen molar-refractivity contribution in [2.45, 2.75) is 34.1 Å². The Balaban J connectivity index is 1.78. The number of thioether (sulfide) groups is 1. The van der Waals surface area contributed by atoms with E-state index in [9.17, 15) is 8.42 Å². The van der Waals surface area contributed by atoms with Gasteiger partial charge in [-0.2, -0.15) is 4.98 Å². The van der Waals surface area contributed by atoms with Crippen molar-refractivity contribution in [2.24, 2.45) is 0 Å². The lowest BCUT2D eigenvalue weighted by Crippen LogP contribution is -2.04. The minimum atomic E-state index is -3.81. The molecule has 4 rings (SSSR count). The first-order valence-electron chi connectivity index (χ1n) is 9.03. The van der Waals surface area contributed by atoms with Crippen LogP contribution in [0.15, 0.2) is 91.5 Å². The Labute approximate surface area is 178 Å². The smallest absolute Gasteiger partial charge is 0.238 e. The maximum atomic E-state index is 13.3. The van der Waals surface area contributed by atoms with Gasteiger partial charge in [0.2, 0.25) is 25.8 Å². The van der Waals surface area contributed by atoms with Crippen molar-refractivity contribution < 1.29 is 12.8 Å². The third-order valence-corrected chi connectivity index (χ3v) is 8.22. The quantitative estimate of drug-likeness (QED) is 0.324. The van der Waals surface area contributed by atoms with Crippen LogP contribution in [0.3, 0.4) is 0 Å². The summed E-state index contributed by atoms with van der Waals surface area (Å²) in [6.45, 7) is 3.94. The van der Waals surface area contributed by atoms with Crippen LogP contribution in [0.25, 0.3) is 10.8 Å². The van der Waals surface area contributed by atoms with Crippen LogP contribution in [-0.2, 0) is 9.84 Å². The Bertz CT molecular complexity index is 1200. The van der Waals surface area contributed by atoms with Gasteiger partial charge >= 0.3 is 0 Å². The molecule has 29 heavy (non-hydrogen) atoms. The van der Waals surface area contributed by atoms with Crippen LogP contribution in [0.2, 0.25) is 0 Å². The molecule has 4 nitrogen and oxygen atoms in total. The largest absolute Gasteiger partial charge is 0.427 e. The van der Waals surface area contributed by atoms with E-state index in [1.807, 2.05) is 61.7 Å². The van der Waals surface area contributed by atoms with Crippen molar-refractivity contribution >= 4 is 32.9 Å². The summed E-state index contributed by atoms with van der Waals surface area (Å²) in [5.74, 6) is 0.327. The van der Waals surface area contributed by atoms with Crippen molar-refractivity contribution in [3.63, 3.8) is 0 Å². The molecule has 0 fully saturated rings. The van der Waals surface area contributed by atoms with Crippen molar-refractivity contribution in [2.75, 3.05) is 0 Å². The minimum Gasteiger partial charge on any atom is -0.427 e. The summed E-state index contributed by atoms with van der Waals surface area (Å²) < 4.78 is 32.6. The van der Waals surface area contributed by atoms with Crippen molar-refractivity contribution in [1.82, 2.24) is 4.98 Å². The third kappa shape index (κ3) is 4.17. The second kappa shape index (κ2) is 8.18. The van der Waals surface area contributed by atoms with Crippen LogP contribution in [0.4, 0.5) is 0 Å². The van der Waals surface area contributed by atoms with Crippen LogP contribution in [-0.4, -0.2) is 13.4 Å². The number of rotatable bonds is 6. The normalized spacial score (nSPS) is 12.8. The average Bonchev–Trinajstić information content (AvgIpc) is 3.39. The second-order valence-corrected chi connectivity index (χ2v) is 10.7. The van der Waals surface area contributed by atoms with E-state index in [1.165, 1.54) is 23.1 Å². The predicted molar refractivity (Wildman–Crippen MR) is 117 cm³/mol. The van der Waals surface area contributed by atoms with Crippen molar-refractivity contribution in [3.8, 4) is 10.8 Å². The zero-order valence-corrected chi connectivity index (χ0v) is 18.4. The van der Waals surface area contributed by atoms with Crippen molar-refractivity contribution in [1.29, 1.82) is 0 Å². The molecule has 1 atom stereocenters. The maximum absolute atomic E-state index is 13.3. The van der Waals surface area contributed by atoms with E-state index in [2.05, 4.69) is 4.98 Å². The summed E-state index contributed by atoms with van der Waals surface area (Å²) in [7, 11) is -3.81. The number of thiophene rings is 1. The van der Waals surface area contributed by atoms with Gasteiger partial charge in [-0.1, -0.05) is 65.9 Å². The minimum absolute atomic E-state index is 0.00676. The summed E-state index contributed by atoms with van der Waals surface area (Å²) >= 11 is 2.82. The number of benzene rings is 2. The van der Waals surface area contributed by atoms with Gasteiger partial charge in [0.1, 0.15) is 0 Å². The lowest BCUT2D eigenvalue weighted by atomic mass is 10.2. The first-order valence-corrected chi connectivity index (χ1v) is 12.3. The number of aryl methyl sites for hydroxylation is 1. The highest BCUT2D eigenvalue weighted by Gasteiger charge is 2.30. The molecule has 0 aliphatic heterocycles. The molecule has 0 aliphatic rings. The fourth-order valence-electron chi connectivity index (χ4n) is 2.82. The van der Waals surface area contributed by atoms with E-state index in [0.717, 1.165) is 16.0 Å². The number of oxazole rings is 1. The fourth-order valence-corrected chi connectivity index (χ4v) is 6.02. The lowest BCUT2D eigenvalue weighted by Gasteiger charge is -2.10. The molecule has 2 heterocycles. The van der Waals surface area contributed by atoms with Crippen LogP contribution in [0.5, 0.6) is 0 Å². The van der Waals surface area contributed by atoms with Gasteiger partial charge in [0.25, 0.3) is 0 Å². The van der Waals surface area contributed by atoms with Crippen LogP contribution in [0, 0.1) is 6.92 Å². The summed E-state index contributed by atoms with van der Waals surface area (Å²) in [5.41, 5.74) is 2.08. The summed E-state index contributed by atoms with van der Waals surface area (Å²) in [4.78, 5) is 5.41. The highest BCUT2D eigenvalue weighted by atomic mass is 32.2.